The molecule has 0 spiro atoms. The van der Waals surface area contributed by atoms with Crippen LogP contribution in [0.4, 0.5) is 0 Å². The number of hydrogen-bond acceptors (Lipinski definition) is 5. The Morgan fingerprint density at radius 3 is 2.47 bits per heavy atom. The third-order valence-corrected chi connectivity index (χ3v) is 7.68. The maximum Gasteiger partial charge on any atom is 0.335 e. The molecule has 32 heavy (non-hydrogen) atoms. The first kappa shape index (κ1) is 24.2. The van der Waals surface area contributed by atoms with E-state index in [2.05, 4.69) is 31.3 Å². The van der Waals surface area contributed by atoms with Gasteiger partial charge in [-0.15, -0.1) is 0 Å². The van der Waals surface area contributed by atoms with Crippen LogP contribution in [0.1, 0.15) is 53.9 Å². The molecule has 0 bridgehead atoms. The summed E-state index contributed by atoms with van der Waals surface area (Å²) >= 11 is 0. The highest BCUT2D eigenvalue weighted by molar-refractivity contribution is 6.27. The monoisotopic (exact) mass is 445 g/mol. The zero-order valence-electron chi connectivity index (χ0n) is 19.5. The lowest BCUT2D eigenvalue weighted by molar-refractivity contribution is -0.158. The van der Waals surface area contributed by atoms with Crippen molar-refractivity contribution in [1.29, 1.82) is 0 Å². The van der Waals surface area contributed by atoms with Gasteiger partial charge in [0.1, 0.15) is 11.3 Å². The quantitative estimate of drug-likeness (QED) is 0.223. The van der Waals surface area contributed by atoms with E-state index in [1.807, 2.05) is 19.9 Å². The van der Waals surface area contributed by atoms with Crippen LogP contribution in [-0.2, 0) is 14.4 Å². The van der Waals surface area contributed by atoms with Gasteiger partial charge in [0, 0.05) is 18.3 Å². The molecule has 3 aliphatic rings. The van der Waals surface area contributed by atoms with Crippen molar-refractivity contribution in [1.82, 2.24) is 5.32 Å². The van der Waals surface area contributed by atoms with Crippen LogP contribution in [-0.4, -0.2) is 44.6 Å². The van der Waals surface area contributed by atoms with Crippen LogP contribution in [0.5, 0.6) is 0 Å². The summed E-state index contributed by atoms with van der Waals surface area (Å²) in [6, 6.07) is -1.19. The Labute approximate surface area is 189 Å². The van der Waals surface area contributed by atoms with Gasteiger partial charge in [0.15, 0.2) is 11.4 Å². The number of aliphatic hydroxyl groups is 2. The van der Waals surface area contributed by atoms with Crippen LogP contribution in [0.2, 0.25) is 0 Å². The number of amides is 1. The first-order valence-corrected chi connectivity index (χ1v) is 11.4. The fraction of sp³-hybridized carbons (Fsp3) is 0.640. The molecule has 7 nitrogen and oxygen atoms in total. The topological polar surface area (TPSA) is 124 Å². The summed E-state index contributed by atoms with van der Waals surface area (Å²) in [4.78, 5) is 37.1. The van der Waals surface area contributed by atoms with Crippen molar-refractivity contribution >= 4 is 17.7 Å². The van der Waals surface area contributed by atoms with E-state index in [-0.39, 0.29) is 29.1 Å². The molecule has 0 aromatic carbocycles. The molecule has 7 heteroatoms. The number of nitrogens with one attached hydrogen (secondary N) is 1. The highest BCUT2D eigenvalue weighted by Crippen LogP contribution is 2.51. The van der Waals surface area contributed by atoms with Crippen LogP contribution in [0.25, 0.3) is 0 Å². The number of carbonyl (C=O) groups is 3. The molecule has 1 amide bonds. The molecule has 0 unspecified atom stereocenters. The number of aliphatic carboxylic acids is 1. The van der Waals surface area contributed by atoms with E-state index in [4.69, 9.17) is 0 Å². The Morgan fingerprint density at radius 2 is 1.88 bits per heavy atom. The van der Waals surface area contributed by atoms with Gasteiger partial charge in [-0.2, -0.15) is 0 Å². The second-order valence-corrected chi connectivity index (χ2v) is 10.2. The number of fused-ring (bicyclic) bond motifs is 1. The summed E-state index contributed by atoms with van der Waals surface area (Å²) in [7, 11) is 0. The summed E-state index contributed by atoms with van der Waals surface area (Å²) in [5, 5.41) is 33.2. The molecule has 2 aliphatic carbocycles. The molecular weight excluding hydrogens is 410 g/mol. The molecule has 0 radical (unpaired) electrons. The van der Waals surface area contributed by atoms with Crippen LogP contribution < -0.4 is 5.32 Å². The van der Waals surface area contributed by atoms with Gasteiger partial charge >= 0.3 is 5.97 Å². The molecule has 1 aliphatic heterocycles. The predicted molar refractivity (Wildman–Crippen MR) is 120 cm³/mol. The first-order valence-electron chi connectivity index (χ1n) is 11.4. The zero-order valence-corrected chi connectivity index (χ0v) is 19.5. The summed E-state index contributed by atoms with van der Waals surface area (Å²) in [6.07, 6.45) is 7.85. The summed E-state index contributed by atoms with van der Waals surface area (Å²) in [5.41, 5.74) is -1.41. The minimum atomic E-state index is -2.17. The van der Waals surface area contributed by atoms with Crippen LogP contribution in [0.15, 0.2) is 35.1 Å². The Hall–Kier alpha value is -2.41. The summed E-state index contributed by atoms with van der Waals surface area (Å²) in [5.74, 6) is -2.39. The van der Waals surface area contributed by atoms with E-state index in [9.17, 15) is 29.7 Å². The van der Waals surface area contributed by atoms with Crippen molar-refractivity contribution in [3.8, 4) is 0 Å². The molecule has 1 saturated heterocycles. The van der Waals surface area contributed by atoms with Crippen LogP contribution in [0, 0.1) is 35.5 Å². The van der Waals surface area contributed by atoms with Crippen LogP contribution in [0.3, 0.4) is 0 Å². The molecular formula is C25H35NO6. The average Bonchev–Trinajstić information content (AvgIpc) is 2.98. The molecule has 2 fully saturated rings. The first-order chi connectivity index (χ1) is 14.9. The van der Waals surface area contributed by atoms with Crippen molar-refractivity contribution in [2.75, 3.05) is 0 Å². The van der Waals surface area contributed by atoms with E-state index < -0.39 is 41.6 Å². The van der Waals surface area contributed by atoms with Crippen molar-refractivity contribution in [2.24, 2.45) is 35.5 Å². The lowest BCUT2D eigenvalue weighted by atomic mass is 9.57. The third kappa shape index (κ3) is 4.27. The number of allylic oxidation sites excluding steroid dienone is 5. The molecule has 1 saturated carbocycles. The minimum Gasteiger partial charge on any atom is -0.511 e. The number of rotatable bonds is 5. The highest BCUT2D eigenvalue weighted by atomic mass is 16.4. The number of carbonyl (C=O) groups excluding carboxylic acids is 2. The average molecular weight is 446 g/mol. The Balaban J connectivity index is 2.04. The second-order valence-electron chi connectivity index (χ2n) is 10.2. The number of aliphatic hydroxyl groups excluding tert-OH is 1. The van der Waals surface area contributed by atoms with Gasteiger partial charge in [-0.3, -0.25) is 9.59 Å². The summed E-state index contributed by atoms with van der Waals surface area (Å²) in [6.45, 7) is 9.40. The second kappa shape index (κ2) is 8.85. The molecule has 0 aromatic rings. The third-order valence-electron chi connectivity index (χ3n) is 7.68. The number of hydrogen-bond donors (Lipinski definition) is 4. The maximum atomic E-state index is 13.1. The normalized spacial score (nSPS) is 38.7. The molecule has 8 atom stereocenters. The predicted octanol–water partition coefficient (Wildman–Crippen LogP) is 3.16. The molecule has 176 valence electrons. The maximum absolute atomic E-state index is 13.1. The van der Waals surface area contributed by atoms with Crippen molar-refractivity contribution in [3.63, 3.8) is 0 Å². The Bertz CT molecular complexity index is 898. The largest absolute Gasteiger partial charge is 0.511 e. The van der Waals surface area contributed by atoms with Gasteiger partial charge in [-0.25, -0.2) is 4.79 Å². The van der Waals surface area contributed by atoms with Gasteiger partial charge in [0.25, 0.3) is 5.91 Å². The standard InChI is InChI=1S/C25H35NO6/c1-6-13(3)16-8-7-15-10-12(2)9-14(4)18(15)19(16)22(28)20-21(27)17(26-23(20)29)11-25(5,32)24(30)31/h6-8,12,14-19,28,32H,9-11H2,1-5H3,(H,26,29)(H,30,31)/b13-6-,22-20+/t12-,14+,15-,16+,17-,18-,19-,25+/m0/s1. The van der Waals surface area contributed by atoms with E-state index in [0.717, 1.165) is 25.3 Å². The van der Waals surface area contributed by atoms with E-state index >= 15 is 0 Å². The van der Waals surface area contributed by atoms with E-state index in [1.165, 1.54) is 0 Å². The van der Waals surface area contributed by atoms with Gasteiger partial charge in [-0.1, -0.05) is 37.6 Å². The summed E-state index contributed by atoms with van der Waals surface area (Å²) < 4.78 is 0. The molecule has 1 heterocycles. The smallest absolute Gasteiger partial charge is 0.335 e. The van der Waals surface area contributed by atoms with Crippen molar-refractivity contribution in [2.45, 2.75) is 65.5 Å². The number of Topliss-reactive ketones (excluding diaryl/α,β-unsaturated/α-hetero) is 1. The fourth-order valence-corrected chi connectivity index (χ4v) is 5.98. The number of carboxylic acid groups (broad SMARTS) is 1. The lowest BCUT2D eigenvalue weighted by Crippen LogP contribution is -2.43. The Morgan fingerprint density at radius 1 is 1.22 bits per heavy atom. The highest BCUT2D eigenvalue weighted by Gasteiger charge is 2.49. The van der Waals surface area contributed by atoms with Crippen molar-refractivity contribution in [3.05, 3.63) is 35.1 Å². The fourth-order valence-electron chi connectivity index (χ4n) is 5.98. The van der Waals surface area contributed by atoms with Gasteiger partial charge in [0.2, 0.25) is 0 Å². The zero-order chi connectivity index (χ0) is 24.0. The molecule has 4 N–H and O–H groups in total. The SMILES string of the molecule is C/C=C(/C)[C@H]1C=C[C@H]2C[C@@H](C)C[C@@H](C)[C@@H]2[C@H]1/C(O)=C1\C(=O)N[C@@H](C[C@@](C)(O)C(=O)O)C1=O. The van der Waals surface area contributed by atoms with Gasteiger partial charge < -0.3 is 20.6 Å². The molecule has 3 rings (SSSR count). The van der Waals surface area contributed by atoms with E-state index in [1.54, 1.807) is 0 Å². The minimum absolute atomic E-state index is 0.0883. The lowest BCUT2D eigenvalue weighted by Gasteiger charge is -2.47. The van der Waals surface area contributed by atoms with Gasteiger partial charge in [0.05, 0.1) is 6.04 Å². The van der Waals surface area contributed by atoms with Crippen molar-refractivity contribution < 1.29 is 29.7 Å². The Kier molecular flexibility index (Phi) is 6.70. The van der Waals surface area contributed by atoms with Gasteiger partial charge in [-0.05, 0) is 57.3 Å². The number of ketones is 1. The number of carboxylic acids is 1. The molecule has 0 aromatic heterocycles. The van der Waals surface area contributed by atoms with Crippen LogP contribution >= 0.6 is 0 Å². The van der Waals surface area contributed by atoms with E-state index in [0.29, 0.717) is 11.8 Å².